The van der Waals surface area contributed by atoms with E-state index in [0.29, 0.717) is 0 Å². The van der Waals surface area contributed by atoms with E-state index in [-0.39, 0.29) is 0 Å². The van der Waals surface area contributed by atoms with Crippen LogP contribution < -0.4 is 0 Å². The van der Waals surface area contributed by atoms with E-state index in [0.717, 1.165) is 42.9 Å². The molecule has 2 heteroatoms. The standard InChI is InChI=1S/C29H42FN/c1-2-23-10-12-24(13-11-23)6-3-4-7-25-14-18-27(19-15-25)28-20-16-26(17-21-28)8-5-9-29(30)22-31/h9-13,25-28H,2-8,14-21H2,1H3/t25-,26-,27-,28-. The molecular formula is C29H42FN. The second kappa shape index (κ2) is 13.0. The fourth-order valence-electron chi connectivity index (χ4n) is 6.09. The molecule has 2 fully saturated rings. The minimum atomic E-state index is -0.615. The Morgan fingerprint density at radius 1 is 0.871 bits per heavy atom. The van der Waals surface area contributed by atoms with Gasteiger partial charge in [0.25, 0.3) is 0 Å². The monoisotopic (exact) mass is 423 g/mol. The zero-order valence-corrected chi connectivity index (χ0v) is 19.6. The molecule has 0 radical (unpaired) electrons. The lowest BCUT2D eigenvalue weighted by molar-refractivity contribution is 0.140. The minimum Gasteiger partial charge on any atom is -0.195 e. The summed E-state index contributed by atoms with van der Waals surface area (Å²) >= 11 is 0. The van der Waals surface area contributed by atoms with Crippen LogP contribution in [0.3, 0.4) is 0 Å². The Kier molecular flexibility index (Phi) is 10.1. The summed E-state index contributed by atoms with van der Waals surface area (Å²) in [7, 11) is 0. The topological polar surface area (TPSA) is 23.8 Å². The van der Waals surface area contributed by atoms with Gasteiger partial charge in [-0.3, -0.25) is 0 Å². The average molecular weight is 424 g/mol. The third kappa shape index (κ3) is 8.10. The summed E-state index contributed by atoms with van der Waals surface area (Å²) in [5.41, 5.74) is 2.94. The number of hydrogen-bond donors (Lipinski definition) is 0. The van der Waals surface area contributed by atoms with Crippen LogP contribution in [0.15, 0.2) is 36.2 Å². The first-order valence-electron chi connectivity index (χ1n) is 13.0. The SMILES string of the molecule is CCc1ccc(CCCC[C@H]2CC[C@H]([C@H]3CC[C@H](CCC=C(F)C#N)CC3)CC2)cc1. The third-order valence-electron chi connectivity index (χ3n) is 8.21. The Morgan fingerprint density at radius 2 is 1.42 bits per heavy atom. The Labute approximate surface area is 190 Å². The summed E-state index contributed by atoms with van der Waals surface area (Å²) in [6, 6.07) is 10.8. The van der Waals surface area contributed by atoms with Gasteiger partial charge in [-0.1, -0.05) is 69.7 Å². The van der Waals surface area contributed by atoms with E-state index in [1.807, 2.05) is 0 Å². The first-order chi connectivity index (χ1) is 15.2. The molecule has 2 aliphatic carbocycles. The molecule has 0 aliphatic heterocycles. The molecule has 0 saturated heterocycles. The van der Waals surface area contributed by atoms with Gasteiger partial charge in [-0.25, -0.2) is 0 Å². The maximum atomic E-state index is 12.9. The van der Waals surface area contributed by atoms with Crippen LogP contribution >= 0.6 is 0 Å². The molecule has 170 valence electrons. The van der Waals surface area contributed by atoms with E-state index in [1.165, 1.54) is 94.3 Å². The predicted molar refractivity (Wildman–Crippen MR) is 128 cm³/mol. The number of nitriles is 1. The zero-order valence-electron chi connectivity index (χ0n) is 19.6. The molecule has 2 saturated carbocycles. The van der Waals surface area contributed by atoms with Crippen molar-refractivity contribution >= 4 is 0 Å². The lowest BCUT2D eigenvalue weighted by Gasteiger charge is -2.38. The van der Waals surface area contributed by atoms with Crippen LogP contribution in [-0.4, -0.2) is 0 Å². The van der Waals surface area contributed by atoms with Crippen molar-refractivity contribution in [1.82, 2.24) is 0 Å². The number of aryl methyl sites for hydroxylation is 2. The molecule has 0 unspecified atom stereocenters. The van der Waals surface area contributed by atoms with E-state index in [4.69, 9.17) is 5.26 Å². The van der Waals surface area contributed by atoms with Gasteiger partial charge in [0.15, 0.2) is 5.83 Å². The predicted octanol–water partition coefficient (Wildman–Crippen LogP) is 8.73. The summed E-state index contributed by atoms with van der Waals surface area (Å²) in [4.78, 5) is 0. The number of rotatable bonds is 10. The normalized spacial score (nSPS) is 27.1. The molecule has 0 atom stereocenters. The van der Waals surface area contributed by atoms with Crippen molar-refractivity contribution in [3.8, 4) is 6.07 Å². The van der Waals surface area contributed by atoms with E-state index in [9.17, 15) is 4.39 Å². The van der Waals surface area contributed by atoms with Gasteiger partial charge < -0.3 is 0 Å². The summed E-state index contributed by atoms with van der Waals surface area (Å²) in [5, 5.41) is 8.50. The van der Waals surface area contributed by atoms with Gasteiger partial charge in [0.1, 0.15) is 6.07 Å². The molecule has 1 aromatic rings. The average Bonchev–Trinajstić information content (AvgIpc) is 2.83. The highest BCUT2D eigenvalue weighted by molar-refractivity contribution is 5.22. The third-order valence-corrected chi connectivity index (χ3v) is 8.21. The van der Waals surface area contributed by atoms with E-state index >= 15 is 0 Å². The quantitative estimate of drug-likeness (QED) is 0.272. The molecule has 3 rings (SSSR count). The maximum Gasteiger partial charge on any atom is 0.196 e. The molecular weight excluding hydrogens is 381 g/mol. The van der Waals surface area contributed by atoms with Gasteiger partial charge in [0, 0.05) is 0 Å². The largest absolute Gasteiger partial charge is 0.196 e. The van der Waals surface area contributed by atoms with Crippen molar-refractivity contribution in [3.05, 3.63) is 47.3 Å². The zero-order chi connectivity index (χ0) is 21.9. The maximum absolute atomic E-state index is 12.9. The molecule has 0 heterocycles. The van der Waals surface area contributed by atoms with Crippen LogP contribution in [0, 0.1) is 35.0 Å². The molecule has 2 aliphatic rings. The van der Waals surface area contributed by atoms with Crippen molar-refractivity contribution in [2.24, 2.45) is 23.7 Å². The molecule has 0 spiro atoms. The van der Waals surface area contributed by atoms with Gasteiger partial charge in [0.05, 0.1) is 0 Å². The molecule has 1 nitrogen and oxygen atoms in total. The summed E-state index contributed by atoms with van der Waals surface area (Å²) in [6.07, 6.45) is 21.0. The van der Waals surface area contributed by atoms with Crippen LogP contribution in [0.1, 0.15) is 102 Å². The van der Waals surface area contributed by atoms with Gasteiger partial charge in [-0.15, -0.1) is 0 Å². The number of nitrogens with zero attached hydrogens (tertiary/aromatic N) is 1. The number of unbranched alkanes of at least 4 members (excludes halogenated alkanes) is 1. The minimum absolute atomic E-state index is 0.615. The first kappa shape index (κ1) is 24.0. The van der Waals surface area contributed by atoms with Crippen LogP contribution in [0.4, 0.5) is 4.39 Å². The van der Waals surface area contributed by atoms with Crippen LogP contribution in [0.5, 0.6) is 0 Å². The molecule has 0 N–H and O–H groups in total. The lowest BCUT2D eigenvalue weighted by Crippen LogP contribution is -2.25. The fourth-order valence-corrected chi connectivity index (χ4v) is 6.09. The number of hydrogen-bond acceptors (Lipinski definition) is 1. The van der Waals surface area contributed by atoms with Crippen molar-refractivity contribution in [3.63, 3.8) is 0 Å². The Morgan fingerprint density at radius 3 is 1.97 bits per heavy atom. The molecule has 0 bridgehead atoms. The van der Waals surface area contributed by atoms with Crippen LogP contribution in [0.25, 0.3) is 0 Å². The van der Waals surface area contributed by atoms with Crippen molar-refractivity contribution in [2.75, 3.05) is 0 Å². The number of benzene rings is 1. The summed E-state index contributed by atoms with van der Waals surface area (Å²) in [6.45, 7) is 2.22. The Balaban J connectivity index is 1.26. The highest BCUT2D eigenvalue weighted by Gasteiger charge is 2.30. The first-order valence-corrected chi connectivity index (χ1v) is 13.0. The number of allylic oxidation sites excluding steroid dienone is 2. The highest BCUT2D eigenvalue weighted by atomic mass is 19.1. The van der Waals surface area contributed by atoms with Crippen molar-refractivity contribution in [2.45, 2.75) is 103 Å². The van der Waals surface area contributed by atoms with Crippen molar-refractivity contribution < 1.29 is 4.39 Å². The Hall–Kier alpha value is -1.62. The fraction of sp³-hybridized carbons (Fsp3) is 0.690. The smallest absolute Gasteiger partial charge is 0.195 e. The van der Waals surface area contributed by atoms with Gasteiger partial charge in [0.2, 0.25) is 0 Å². The summed E-state index contributed by atoms with van der Waals surface area (Å²) < 4.78 is 12.9. The highest BCUT2D eigenvalue weighted by Crippen LogP contribution is 2.43. The van der Waals surface area contributed by atoms with Crippen molar-refractivity contribution in [1.29, 1.82) is 5.26 Å². The molecule has 1 aromatic carbocycles. The van der Waals surface area contributed by atoms with Crippen LogP contribution in [-0.2, 0) is 12.8 Å². The number of halogens is 1. The molecule has 31 heavy (non-hydrogen) atoms. The van der Waals surface area contributed by atoms with Gasteiger partial charge in [-0.05, 0) is 98.7 Å². The second-order valence-corrected chi connectivity index (χ2v) is 10.2. The van der Waals surface area contributed by atoms with Gasteiger partial charge in [-0.2, -0.15) is 9.65 Å². The van der Waals surface area contributed by atoms with E-state index in [2.05, 4.69) is 31.2 Å². The van der Waals surface area contributed by atoms with E-state index < -0.39 is 5.83 Å². The van der Waals surface area contributed by atoms with Crippen LogP contribution in [0.2, 0.25) is 0 Å². The lowest BCUT2D eigenvalue weighted by atomic mass is 9.68. The summed E-state index contributed by atoms with van der Waals surface area (Å²) in [5.74, 6) is 3.00. The van der Waals surface area contributed by atoms with E-state index in [1.54, 1.807) is 6.07 Å². The Bertz CT molecular complexity index is 697. The second-order valence-electron chi connectivity index (χ2n) is 10.2. The molecule has 0 aromatic heterocycles. The van der Waals surface area contributed by atoms with Gasteiger partial charge >= 0.3 is 0 Å². The molecule has 0 amide bonds.